The topological polar surface area (TPSA) is 89.7 Å². The normalized spacial score (nSPS) is 17.1. The zero-order chi connectivity index (χ0) is 25.9. The first kappa shape index (κ1) is 23.8. The second-order valence-corrected chi connectivity index (χ2v) is 11.3. The summed E-state index contributed by atoms with van der Waals surface area (Å²) in [7, 11) is 0. The maximum absolute atomic E-state index is 13.7. The Morgan fingerprint density at radius 3 is 2.76 bits per heavy atom. The van der Waals surface area contributed by atoms with Crippen LogP contribution in [0.25, 0.3) is 16.7 Å². The van der Waals surface area contributed by atoms with E-state index in [0.29, 0.717) is 22.7 Å². The SMILES string of the molecule is CC(C)(CF)c1cc(-n2c3nc(Nc4ccc5c(c4)CCNC5(C)C)ncc3c(=O)n2C2CC2)ccn1. The van der Waals surface area contributed by atoms with Crippen LogP contribution in [0.15, 0.2) is 47.5 Å². The average Bonchev–Trinajstić information content (AvgIpc) is 3.67. The highest BCUT2D eigenvalue weighted by molar-refractivity contribution is 5.77. The molecule has 1 aromatic carbocycles. The van der Waals surface area contributed by atoms with Crippen molar-refractivity contribution in [2.75, 3.05) is 18.5 Å². The van der Waals surface area contributed by atoms with Crippen LogP contribution in [-0.2, 0) is 17.4 Å². The Balaban J connectivity index is 1.44. The number of fused-ring (bicyclic) bond motifs is 2. The molecule has 3 aromatic heterocycles. The van der Waals surface area contributed by atoms with Gasteiger partial charge in [0.1, 0.15) is 12.1 Å². The smallest absolute Gasteiger partial charge is 0.278 e. The molecule has 4 heterocycles. The number of nitrogens with one attached hydrogen (secondary N) is 2. The molecular formula is C28H32FN7O. The van der Waals surface area contributed by atoms with Gasteiger partial charge in [-0.25, -0.2) is 14.3 Å². The van der Waals surface area contributed by atoms with Crippen molar-refractivity contribution in [2.24, 2.45) is 0 Å². The molecule has 0 spiro atoms. The van der Waals surface area contributed by atoms with Gasteiger partial charge in [0.15, 0.2) is 5.65 Å². The highest BCUT2D eigenvalue weighted by Gasteiger charge is 2.32. The maximum Gasteiger partial charge on any atom is 0.278 e. The lowest BCUT2D eigenvalue weighted by Gasteiger charge is -2.34. The van der Waals surface area contributed by atoms with Gasteiger partial charge in [-0.3, -0.25) is 14.2 Å². The molecule has 192 valence electrons. The molecule has 1 fully saturated rings. The Hall–Kier alpha value is -3.59. The minimum atomic E-state index is -0.734. The number of rotatable bonds is 6. The monoisotopic (exact) mass is 501 g/mol. The molecule has 1 aliphatic carbocycles. The van der Waals surface area contributed by atoms with Gasteiger partial charge >= 0.3 is 0 Å². The van der Waals surface area contributed by atoms with Crippen LogP contribution in [0.3, 0.4) is 0 Å². The number of hydrogen-bond donors (Lipinski definition) is 2. The van der Waals surface area contributed by atoms with Crippen LogP contribution >= 0.6 is 0 Å². The fourth-order valence-corrected chi connectivity index (χ4v) is 5.17. The zero-order valence-corrected chi connectivity index (χ0v) is 21.7. The van der Waals surface area contributed by atoms with Crippen molar-refractivity contribution in [3.8, 4) is 5.69 Å². The van der Waals surface area contributed by atoms with Crippen LogP contribution in [-0.4, -0.2) is 37.5 Å². The lowest BCUT2D eigenvalue weighted by molar-refractivity contribution is 0.344. The third-order valence-electron chi connectivity index (χ3n) is 7.53. The van der Waals surface area contributed by atoms with Crippen LogP contribution in [0.4, 0.5) is 16.0 Å². The number of benzene rings is 1. The zero-order valence-electron chi connectivity index (χ0n) is 21.7. The maximum atomic E-state index is 13.7. The number of anilines is 2. The lowest BCUT2D eigenvalue weighted by atomic mass is 9.85. The highest BCUT2D eigenvalue weighted by Crippen LogP contribution is 2.36. The van der Waals surface area contributed by atoms with E-state index in [1.807, 2.05) is 36.7 Å². The third-order valence-corrected chi connectivity index (χ3v) is 7.53. The second-order valence-electron chi connectivity index (χ2n) is 11.3. The molecule has 8 nitrogen and oxygen atoms in total. The van der Waals surface area contributed by atoms with Crippen molar-refractivity contribution in [1.82, 2.24) is 29.6 Å². The predicted octanol–water partition coefficient (Wildman–Crippen LogP) is 4.68. The predicted molar refractivity (Wildman–Crippen MR) is 143 cm³/mol. The molecular weight excluding hydrogens is 469 g/mol. The molecule has 0 unspecified atom stereocenters. The van der Waals surface area contributed by atoms with Gasteiger partial charge < -0.3 is 10.6 Å². The first-order valence-electron chi connectivity index (χ1n) is 12.9. The number of aromatic nitrogens is 5. The van der Waals surface area contributed by atoms with E-state index in [-0.39, 0.29) is 17.1 Å². The summed E-state index contributed by atoms with van der Waals surface area (Å²) < 4.78 is 17.4. The molecule has 6 rings (SSSR count). The second kappa shape index (κ2) is 8.48. The molecule has 0 radical (unpaired) electrons. The number of halogens is 1. The fraction of sp³-hybridized carbons (Fsp3) is 0.429. The number of pyridine rings is 1. The van der Waals surface area contributed by atoms with E-state index < -0.39 is 12.1 Å². The largest absolute Gasteiger partial charge is 0.324 e. The summed E-state index contributed by atoms with van der Waals surface area (Å²) >= 11 is 0. The Labute approximate surface area is 214 Å². The summed E-state index contributed by atoms with van der Waals surface area (Å²) in [5.74, 6) is 0.417. The molecule has 2 N–H and O–H groups in total. The molecule has 0 bridgehead atoms. The van der Waals surface area contributed by atoms with Crippen molar-refractivity contribution in [3.63, 3.8) is 0 Å². The van der Waals surface area contributed by atoms with Gasteiger partial charge in [0.25, 0.3) is 5.56 Å². The van der Waals surface area contributed by atoms with E-state index in [2.05, 4.69) is 46.6 Å². The summed E-state index contributed by atoms with van der Waals surface area (Å²) in [5.41, 5.74) is 4.46. The van der Waals surface area contributed by atoms with Crippen LogP contribution in [0.2, 0.25) is 0 Å². The standard InChI is InChI=1S/C28H32FN7O/c1-27(2,16-29)23-14-20(10-11-30-23)35-24-21(25(37)36(35)19-6-7-19)15-31-26(34-24)33-18-5-8-22-17(13-18)9-12-32-28(22,3)4/h5,8,10-11,13-15,19,32H,6-7,9,12,16H2,1-4H3,(H,31,33,34). The summed E-state index contributed by atoms with van der Waals surface area (Å²) in [6.45, 7) is 8.42. The minimum Gasteiger partial charge on any atom is -0.324 e. The van der Waals surface area contributed by atoms with Gasteiger partial charge in [-0.2, -0.15) is 4.98 Å². The van der Waals surface area contributed by atoms with Gasteiger partial charge in [0.2, 0.25) is 5.95 Å². The first-order valence-corrected chi connectivity index (χ1v) is 12.9. The molecule has 0 amide bonds. The summed E-state index contributed by atoms with van der Waals surface area (Å²) in [5, 5.41) is 7.36. The number of hydrogen-bond acceptors (Lipinski definition) is 6. The quantitative estimate of drug-likeness (QED) is 0.399. The molecule has 0 saturated heterocycles. The van der Waals surface area contributed by atoms with Gasteiger partial charge in [-0.05, 0) is 75.0 Å². The molecule has 37 heavy (non-hydrogen) atoms. The van der Waals surface area contributed by atoms with Crippen molar-refractivity contribution in [1.29, 1.82) is 0 Å². The van der Waals surface area contributed by atoms with Crippen LogP contribution in [0.1, 0.15) is 63.4 Å². The average molecular weight is 502 g/mol. The van der Waals surface area contributed by atoms with Gasteiger partial charge in [0, 0.05) is 29.0 Å². The van der Waals surface area contributed by atoms with E-state index in [4.69, 9.17) is 4.98 Å². The number of nitrogens with zero attached hydrogens (tertiary/aromatic N) is 5. The van der Waals surface area contributed by atoms with Crippen molar-refractivity contribution in [2.45, 2.75) is 64.0 Å². The Morgan fingerprint density at radius 2 is 2.00 bits per heavy atom. The van der Waals surface area contributed by atoms with E-state index in [9.17, 15) is 9.18 Å². The Kier molecular flexibility index (Phi) is 5.45. The summed E-state index contributed by atoms with van der Waals surface area (Å²) in [4.78, 5) is 27.1. The molecule has 1 aliphatic heterocycles. The van der Waals surface area contributed by atoms with Crippen molar-refractivity contribution in [3.05, 3.63) is 69.9 Å². The van der Waals surface area contributed by atoms with Gasteiger partial charge in [-0.15, -0.1) is 0 Å². The molecule has 9 heteroatoms. The summed E-state index contributed by atoms with van der Waals surface area (Å²) in [6.07, 6.45) is 6.09. The minimum absolute atomic E-state index is 0.0660. The van der Waals surface area contributed by atoms with Crippen LogP contribution < -0.4 is 16.2 Å². The van der Waals surface area contributed by atoms with Gasteiger partial charge in [0.05, 0.1) is 17.4 Å². The summed E-state index contributed by atoms with van der Waals surface area (Å²) in [6, 6.07) is 10.1. The fourth-order valence-electron chi connectivity index (χ4n) is 5.17. The molecule has 0 atom stereocenters. The lowest BCUT2D eigenvalue weighted by Crippen LogP contribution is -2.42. The van der Waals surface area contributed by atoms with Crippen molar-refractivity contribution >= 4 is 22.7 Å². The number of alkyl halides is 1. The van der Waals surface area contributed by atoms with E-state index in [1.165, 1.54) is 11.1 Å². The van der Waals surface area contributed by atoms with E-state index in [1.54, 1.807) is 17.1 Å². The van der Waals surface area contributed by atoms with Gasteiger partial charge in [-0.1, -0.05) is 19.9 Å². The van der Waals surface area contributed by atoms with E-state index >= 15 is 0 Å². The van der Waals surface area contributed by atoms with E-state index in [0.717, 1.165) is 37.2 Å². The molecule has 1 saturated carbocycles. The first-order chi connectivity index (χ1) is 17.7. The van der Waals surface area contributed by atoms with Crippen LogP contribution in [0, 0.1) is 0 Å². The highest BCUT2D eigenvalue weighted by atomic mass is 19.1. The Morgan fingerprint density at radius 1 is 1.19 bits per heavy atom. The molecule has 2 aliphatic rings. The third kappa shape index (κ3) is 4.11. The van der Waals surface area contributed by atoms with Crippen molar-refractivity contribution < 1.29 is 4.39 Å². The van der Waals surface area contributed by atoms with Crippen LogP contribution in [0.5, 0.6) is 0 Å². The molecule has 4 aromatic rings. The Bertz CT molecular complexity index is 1560.